The molecule has 0 amide bonds. The molecule has 0 fully saturated rings. The SMILES string of the molecule is Cc1nn(C)cc1CNc1ccc(N(C)C)c(Cl)c1. The van der Waals surface area contributed by atoms with Crippen LogP contribution in [-0.2, 0) is 13.6 Å². The van der Waals surface area contributed by atoms with Crippen LogP contribution in [0.2, 0.25) is 5.02 Å². The summed E-state index contributed by atoms with van der Waals surface area (Å²) in [6, 6.07) is 6.00. The quantitative estimate of drug-likeness (QED) is 0.933. The number of anilines is 2. The molecule has 0 aliphatic carbocycles. The molecule has 0 spiro atoms. The van der Waals surface area contributed by atoms with Crippen LogP contribution in [0, 0.1) is 6.92 Å². The third-order valence-corrected chi connectivity index (χ3v) is 3.33. The molecular weight excluding hydrogens is 260 g/mol. The monoisotopic (exact) mass is 278 g/mol. The van der Waals surface area contributed by atoms with Crippen molar-refractivity contribution in [1.29, 1.82) is 0 Å². The minimum absolute atomic E-state index is 0.747. The highest BCUT2D eigenvalue weighted by Gasteiger charge is 2.05. The first kappa shape index (κ1) is 13.7. The van der Waals surface area contributed by atoms with Gasteiger partial charge in [-0.25, -0.2) is 0 Å². The van der Waals surface area contributed by atoms with E-state index in [1.165, 1.54) is 5.56 Å². The molecule has 0 aliphatic rings. The zero-order valence-electron chi connectivity index (χ0n) is 11.7. The predicted octanol–water partition coefficient (Wildman–Crippen LogP) is 3.06. The number of aryl methyl sites for hydroxylation is 2. The van der Waals surface area contributed by atoms with Crippen molar-refractivity contribution in [2.75, 3.05) is 24.3 Å². The third-order valence-electron chi connectivity index (χ3n) is 3.03. The van der Waals surface area contributed by atoms with Crippen molar-refractivity contribution in [3.63, 3.8) is 0 Å². The lowest BCUT2D eigenvalue weighted by Crippen LogP contribution is -2.09. The van der Waals surface area contributed by atoms with E-state index in [0.717, 1.165) is 28.6 Å². The van der Waals surface area contributed by atoms with Gasteiger partial charge in [-0.05, 0) is 25.1 Å². The molecule has 5 heteroatoms. The zero-order valence-corrected chi connectivity index (χ0v) is 12.5. The summed E-state index contributed by atoms with van der Waals surface area (Å²) in [7, 11) is 5.89. The third kappa shape index (κ3) is 3.20. The molecule has 2 aromatic rings. The van der Waals surface area contributed by atoms with Crippen molar-refractivity contribution < 1.29 is 0 Å². The summed E-state index contributed by atoms with van der Waals surface area (Å²) in [5.41, 5.74) is 4.27. The van der Waals surface area contributed by atoms with Gasteiger partial charge in [0.15, 0.2) is 0 Å². The minimum atomic E-state index is 0.747. The molecule has 1 heterocycles. The van der Waals surface area contributed by atoms with Crippen LogP contribution in [0.25, 0.3) is 0 Å². The van der Waals surface area contributed by atoms with Gasteiger partial charge in [0.05, 0.1) is 16.4 Å². The first-order chi connectivity index (χ1) is 8.97. The normalized spacial score (nSPS) is 10.6. The fourth-order valence-electron chi connectivity index (χ4n) is 2.00. The van der Waals surface area contributed by atoms with Crippen LogP contribution in [0.1, 0.15) is 11.3 Å². The highest BCUT2D eigenvalue weighted by molar-refractivity contribution is 6.33. The van der Waals surface area contributed by atoms with Crippen molar-refractivity contribution in [1.82, 2.24) is 9.78 Å². The van der Waals surface area contributed by atoms with Crippen LogP contribution < -0.4 is 10.2 Å². The lowest BCUT2D eigenvalue weighted by atomic mass is 10.2. The highest BCUT2D eigenvalue weighted by atomic mass is 35.5. The van der Waals surface area contributed by atoms with Crippen LogP contribution in [0.4, 0.5) is 11.4 Å². The average Bonchev–Trinajstić information content (AvgIpc) is 2.65. The van der Waals surface area contributed by atoms with Gasteiger partial charge in [0.25, 0.3) is 0 Å². The van der Waals surface area contributed by atoms with Crippen molar-refractivity contribution in [3.05, 3.63) is 40.7 Å². The Balaban J connectivity index is 2.08. The second-order valence-corrected chi connectivity index (χ2v) is 5.23. The van der Waals surface area contributed by atoms with Gasteiger partial charge < -0.3 is 10.2 Å². The minimum Gasteiger partial charge on any atom is -0.381 e. The van der Waals surface area contributed by atoms with Gasteiger partial charge in [-0.15, -0.1) is 0 Å². The van der Waals surface area contributed by atoms with E-state index in [1.807, 2.05) is 62.0 Å². The number of nitrogens with one attached hydrogen (secondary N) is 1. The molecule has 4 nitrogen and oxygen atoms in total. The Morgan fingerprint density at radius 1 is 1.37 bits per heavy atom. The van der Waals surface area contributed by atoms with Gasteiger partial charge in [0.2, 0.25) is 0 Å². The van der Waals surface area contributed by atoms with E-state index in [4.69, 9.17) is 11.6 Å². The summed E-state index contributed by atoms with van der Waals surface area (Å²) >= 11 is 6.24. The van der Waals surface area contributed by atoms with Crippen LogP contribution >= 0.6 is 11.6 Å². The predicted molar refractivity (Wildman–Crippen MR) is 81.1 cm³/mol. The molecule has 0 saturated heterocycles. The second kappa shape index (κ2) is 5.53. The van der Waals surface area contributed by atoms with Gasteiger partial charge in [0.1, 0.15) is 0 Å². The molecule has 1 aromatic heterocycles. The fraction of sp³-hybridized carbons (Fsp3) is 0.357. The number of hydrogen-bond donors (Lipinski definition) is 1. The van der Waals surface area contributed by atoms with E-state index < -0.39 is 0 Å². The molecule has 0 aliphatic heterocycles. The van der Waals surface area contributed by atoms with Gasteiger partial charge in [-0.2, -0.15) is 5.10 Å². The number of nitrogens with zero attached hydrogens (tertiary/aromatic N) is 3. The lowest BCUT2D eigenvalue weighted by Gasteiger charge is -2.15. The zero-order chi connectivity index (χ0) is 14.0. The maximum Gasteiger partial charge on any atom is 0.0659 e. The smallest absolute Gasteiger partial charge is 0.0659 e. The summed E-state index contributed by atoms with van der Waals surface area (Å²) < 4.78 is 1.83. The van der Waals surface area contributed by atoms with Crippen molar-refractivity contribution >= 4 is 23.0 Å². The average molecular weight is 279 g/mol. The first-order valence-electron chi connectivity index (χ1n) is 6.17. The molecule has 1 aromatic carbocycles. The first-order valence-corrected chi connectivity index (χ1v) is 6.55. The maximum atomic E-state index is 6.24. The second-order valence-electron chi connectivity index (χ2n) is 4.83. The van der Waals surface area contributed by atoms with Crippen LogP contribution in [0.15, 0.2) is 24.4 Å². The molecule has 0 atom stereocenters. The van der Waals surface area contributed by atoms with Gasteiger partial charge in [-0.1, -0.05) is 11.6 Å². The van der Waals surface area contributed by atoms with Gasteiger partial charge in [0, 0.05) is 45.1 Å². The number of benzene rings is 1. The Labute approximate surface area is 119 Å². The highest BCUT2D eigenvalue weighted by Crippen LogP contribution is 2.27. The van der Waals surface area contributed by atoms with E-state index in [2.05, 4.69) is 10.4 Å². The topological polar surface area (TPSA) is 33.1 Å². The Kier molecular flexibility index (Phi) is 4.00. The molecule has 0 radical (unpaired) electrons. The Hall–Kier alpha value is -1.68. The van der Waals surface area contributed by atoms with E-state index in [0.29, 0.717) is 0 Å². The Morgan fingerprint density at radius 2 is 2.11 bits per heavy atom. The molecule has 102 valence electrons. The number of aromatic nitrogens is 2. The molecule has 2 rings (SSSR count). The molecule has 0 saturated carbocycles. The van der Waals surface area contributed by atoms with Crippen molar-refractivity contribution in [2.24, 2.45) is 7.05 Å². The fourth-order valence-corrected chi connectivity index (χ4v) is 2.35. The lowest BCUT2D eigenvalue weighted by molar-refractivity contribution is 0.756. The summed E-state index contributed by atoms with van der Waals surface area (Å²) in [4.78, 5) is 2.00. The molecule has 0 bridgehead atoms. The van der Waals surface area contributed by atoms with Crippen LogP contribution in [-0.4, -0.2) is 23.9 Å². The largest absolute Gasteiger partial charge is 0.381 e. The maximum absolute atomic E-state index is 6.24. The van der Waals surface area contributed by atoms with Gasteiger partial charge in [-0.3, -0.25) is 4.68 Å². The van der Waals surface area contributed by atoms with Crippen LogP contribution in [0.5, 0.6) is 0 Å². The van der Waals surface area contributed by atoms with E-state index in [1.54, 1.807) is 0 Å². The summed E-state index contributed by atoms with van der Waals surface area (Å²) in [5.74, 6) is 0. The molecular formula is C14H19ClN4. The Morgan fingerprint density at radius 3 is 2.63 bits per heavy atom. The van der Waals surface area contributed by atoms with E-state index in [-0.39, 0.29) is 0 Å². The molecule has 19 heavy (non-hydrogen) atoms. The van der Waals surface area contributed by atoms with E-state index in [9.17, 15) is 0 Å². The van der Waals surface area contributed by atoms with Crippen molar-refractivity contribution in [2.45, 2.75) is 13.5 Å². The van der Waals surface area contributed by atoms with Crippen molar-refractivity contribution in [3.8, 4) is 0 Å². The summed E-state index contributed by atoms with van der Waals surface area (Å²) in [5, 5.41) is 8.44. The standard InChI is InChI=1S/C14H19ClN4/c1-10-11(9-19(4)17-10)8-16-12-5-6-14(18(2)3)13(15)7-12/h5-7,9,16H,8H2,1-4H3. The molecule has 0 unspecified atom stereocenters. The number of rotatable bonds is 4. The van der Waals surface area contributed by atoms with Gasteiger partial charge >= 0.3 is 0 Å². The summed E-state index contributed by atoms with van der Waals surface area (Å²) in [6.07, 6.45) is 2.03. The Bertz CT molecular complexity index is 575. The summed E-state index contributed by atoms with van der Waals surface area (Å²) in [6.45, 7) is 2.76. The van der Waals surface area contributed by atoms with Crippen LogP contribution in [0.3, 0.4) is 0 Å². The number of halogens is 1. The number of hydrogen-bond acceptors (Lipinski definition) is 3. The molecule has 1 N–H and O–H groups in total. The van der Waals surface area contributed by atoms with E-state index >= 15 is 0 Å².